The summed E-state index contributed by atoms with van der Waals surface area (Å²) in [6.07, 6.45) is 8.31. The normalized spacial score (nSPS) is 10.2. The molecular formula is C21H20O5. The van der Waals surface area contributed by atoms with E-state index in [9.17, 15) is 4.79 Å². The van der Waals surface area contributed by atoms with E-state index in [4.69, 9.17) is 25.4 Å². The Morgan fingerprint density at radius 1 is 1.00 bits per heavy atom. The van der Waals surface area contributed by atoms with E-state index in [1.165, 1.54) is 20.3 Å². The molecule has 0 radical (unpaired) electrons. The second-order valence-corrected chi connectivity index (χ2v) is 5.11. The van der Waals surface area contributed by atoms with Crippen LogP contribution in [-0.2, 0) is 0 Å². The topological polar surface area (TPSA) is 54.0 Å². The van der Waals surface area contributed by atoms with Crippen LogP contribution < -0.4 is 18.9 Å². The highest BCUT2D eigenvalue weighted by molar-refractivity contribution is 6.08. The number of methoxy groups -OCH3 is 3. The zero-order valence-corrected chi connectivity index (χ0v) is 14.9. The molecule has 0 aliphatic heterocycles. The minimum atomic E-state index is -0.213. The summed E-state index contributed by atoms with van der Waals surface area (Å²) in [5, 5.41) is 0. The number of carbonyl (C=O) groups excluding carboxylic acids is 1. The lowest BCUT2D eigenvalue weighted by Crippen LogP contribution is -2.02. The van der Waals surface area contributed by atoms with Gasteiger partial charge in [-0.3, -0.25) is 4.79 Å². The molecular weight excluding hydrogens is 332 g/mol. The van der Waals surface area contributed by atoms with Gasteiger partial charge in [0.2, 0.25) is 5.75 Å². The second-order valence-electron chi connectivity index (χ2n) is 5.11. The average molecular weight is 352 g/mol. The molecule has 0 heterocycles. The van der Waals surface area contributed by atoms with Crippen molar-refractivity contribution in [3.05, 3.63) is 53.6 Å². The number of para-hydroxylation sites is 1. The highest BCUT2D eigenvalue weighted by atomic mass is 16.5. The van der Waals surface area contributed by atoms with E-state index in [-0.39, 0.29) is 12.4 Å². The van der Waals surface area contributed by atoms with Crippen LogP contribution in [0.1, 0.15) is 15.9 Å². The Morgan fingerprint density at radius 2 is 1.73 bits per heavy atom. The Balaban J connectivity index is 2.33. The van der Waals surface area contributed by atoms with Crippen molar-refractivity contribution in [1.82, 2.24) is 0 Å². The van der Waals surface area contributed by atoms with Gasteiger partial charge in [-0.15, -0.1) is 6.42 Å². The fraction of sp³-hybridized carbons (Fsp3) is 0.190. The molecule has 0 atom stereocenters. The summed E-state index contributed by atoms with van der Waals surface area (Å²) in [6, 6.07) is 10.5. The van der Waals surface area contributed by atoms with Crippen molar-refractivity contribution < 1.29 is 23.7 Å². The van der Waals surface area contributed by atoms with Crippen LogP contribution in [0.15, 0.2) is 42.5 Å². The third-order valence-corrected chi connectivity index (χ3v) is 3.61. The molecule has 134 valence electrons. The lowest BCUT2D eigenvalue weighted by atomic mass is 10.1. The highest BCUT2D eigenvalue weighted by Crippen LogP contribution is 2.40. The first-order valence-electron chi connectivity index (χ1n) is 7.82. The van der Waals surface area contributed by atoms with Crippen molar-refractivity contribution in [1.29, 1.82) is 0 Å². The third kappa shape index (κ3) is 4.17. The number of terminal acetylenes is 1. The van der Waals surface area contributed by atoms with Gasteiger partial charge in [-0.2, -0.15) is 0 Å². The van der Waals surface area contributed by atoms with Crippen LogP contribution in [0, 0.1) is 12.3 Å². The summed E-state index contributed by atoms with van der Waals surface area (Å²) >= 11 is 0. The van der Waals surface area contributed by atoms with Gasteiger partial charge in [0.25, 0.3) is 0 Å². The largest absolute Gasteiger partial charge is 0.493 e. The summed E-state index contributed by atoms with van der Waals surface area (Å²) in [4.78, 5) is 12.6. The molecule has 0 amide bonds. The molecule has 0 saturated heterocycles. The average Bonchev–Trinajstić information content (AvgIpc) is 2.69. The van der Waals surface area contributed by atoms with E-state index >= 15 is 0 Å². The lowest BCUT2D eigenvalue weighted by molar-refractivity contribution is 0.104. The van der Waals surface area contributed by atoms with Gasteiger partial charge in [0.15, 0.2) is 17.3 Å². The molecule has 26 heavy (non-hydrogen) atoms. The summed E-state index contributed by atoms with van der Waals surface area (Å²) in [6.45, 7) is 0.0948. The number of benzene rings is 2. The van der Waals surface area contributed by atoms with Gasteiger partial charge in [0.1, 0.15) is 12.4 Å². The predicted molar refractivity (Wildman–Crippen MR) is 100 cm³/mol. The van der Waals surface area contributed by atoms with Crippen molar-refractivity contribution in [3.8, 4) is 35.3 Å². The monoisotopic (exact) mass is 352 g/mol. The third-order valence-electron chi connectivity index (χ3n) is 3.61. The molecule has 5 heteroatoms. The van der Waals surface area contributed by atoms with Crippen LogP contribution in [0.25, 0.3) is 6.08 Å². The standard InChI is InChI=1S/C21H20O5/c1-5-14-26-18-9-7-6-8-16(18)17(22)12-10-15-11-13-19(23-2)21(25-4)20(15)24-3/h1,6-13H,14H2,2-4H3/b12-10+. The molecule has 0 aromatic heterocycles. The maximum atomic E-state index is 12.6. The van der Waals surface area contributed by atoms with Crippen LogP contribution in [0.2, 0.25) is 0 Å². The molecule has 0 N–H and O–H groups in total. The zero-order valence-electron chi connectivity index (χ0n) is 14.9. The molecule has 0 fully saturated rings. The predicted octanol–water partition coefficient (Wildman–Crippen LogP) is 3.62. The van der Waals surface area contributed by atoms with Gasteiger partial charge in [-0.25, -0.2) is 0 Å². The van der Waals surface area contributed by atoms with Crippen molar-refractivity contribution >= 4 is 11.9 Å². The van der Waals surface area contributed by atoms with Crippen LogP contribution in [0.4, 0.5) is 0 Å². The summed E-state index contributed by atoms with van der Waals surface area (Å²) in [7, 11) is 4.60. The van der Waals surface area contributed by atoms with Crippen molar-refractivity contribution in [2.75, 3.05) is 27.9 Å². The first-order valence-corrected chi connectivity index (χ1v) is 7.82. The Bertz CT molecular complexity index is 846. The van der Waals surface area contributed by atoms with E-state index < -0.39 is 0 Å². The number of hydrogen-bond acceptors (Lipinski definition) is 5. The van der Waals surface area contributed by atoms with Crippen LogP contribution in [0.5, 0.6) is 23.0 Å². The van der Waals surface area contributed by atoms with Crippen molar-refractivity contribution in [2.45, 2.75) is 0 Å². The SMILES string of the molecule is C#CCOc1ccccc1C(=O)/C=C/c1ccc(OC)c(OC)c1OC. The smallest absolute Gasteiger partial charge is 0.203 e. The van der Waals surface area contributed by atoms with Crippen LogP contribution in [0.3, 0.4) is 0 Å². The fourth-order valence-electron chi connectivity index (χ4n) is 2.43. The quantitative estimate of drug-likeness (QED) is 0.413. The van der Waals surface area contributed by atoms with Gasteiger partial charge in [-0.1, -0.05) is 18.1 Å². The van der Waals surface area contributed by atoms with E-state index in [1.807, 2.05) is 0 Å². The molecule has 0 spiro atoms. The van der Waals surface area contributed by atoms with E-state index in [2.05, 4.69) is 5.92 Å². The molecule has 5 nitrogen and oxygen atoms in total. The Hall–Kier alpha value is -3.39. The van der Waals surface area contributed by atoms with Gasteiger partial charge in [-0.05, 0) is 36.4 Å². The minimum absolute atomic E-state index is 0.0948. The summed E-state index contributed by atoms with van der Waals surface area (Å²) in [5.74, 6) is 4.10. The fourth-order valence-corrected chi connectivity index (χ4v) is 2.43. The molecule has 0 aliphatic carbocycles. The first-order chi connectivity index (χ1) is 12.7. The Morgan fingerprint density at radius 3 is 2.38 bits per heavy atom. The molecule has 0 bridgehead atoms. The summed E-state index contributed by atoms with van der Waals surface area (Å²) in [5.41, 5.74) is 1.11. The Kier molecular flexibility index (Phi) is 6.69. The molecule has 2 aromatic carbocycles. The maximum Gasteiger partial charge on any atom is 0.203 e. The highest BCUT2D eigenvalue weighted by Gasteiger charge is 2.15. The number of allylic oxidation sites excluding steroid dienone is 1. The first kappa shape index (κ1) is 18.9. The molecule has 2 aromatic rings. The number of carbonyl (C=O) groups is 1. The molecule has 2 rings (SSSR count). The van der Waals surface area contributed by atoms with E-state index in [0.717, 1.165) is 0 Å². The number of hydrogen-bond donors (Lipinski definition) is 0. The van der Waals surface area contributed by atoms with Crippen molar-refractivity contribution in [2.24, 2.45) is 0 Å². The molecule has 0 unspecified atom stereocenters. The number of rotatable bonds is 8. The van der Waals surface area contributed by atoms with Gasteiger partial charge < -0.3 is 18.9 Å². The second kappa shape index (κ2) is 9.19. The molecule has 0 aliphatic rings. The maximum absolute atomic E-state index is 12.6. The van der Waals surface area contributed by atoms with Crippen molar-refractivity contribution in [3.63, 3.8) is 0 Å². The van der Waals surface area contributed by atoms with Crippen LogP contribution in [-0.4, -0.2) is 33.7 Å². The minimum Gasteiger partial charge on any atom is -0.493 e. The van der Waals surface area contributed by atoms with E-state index in [0.29, 0.717) is 34.1 Å². The lowest BCUT2D eigenvalue weighted by Gasteiger charge is -2.14. The molecule has 0 saturated carbocycles. The number of ether oxygens (including phenoxy) is 4. The van der Waals surface area contributed by atoms with Gasteiger partial charge in [0, 0.05) is 5.56 Å². The van der Waals surface area contributed by atoms with E-state index in [1.54, 1.807) is 49.6 Å². The van der Waals surface area contributed by atoms with Gasteiger partial charge in [0.05, 0.1) is 26.9 Å². The van der Waals surface area contributed by atoms with Gasteiger partial charge >= 0.3 is 0 Å². The van der Waals surface area contributed by atoms with Crippen LogP contribution >= 0.6 is 0 Å². The Labute approximate surface area is 153 Å². The number of ketones is 1. The summed E-state index contributed by atoms with van der Waals surface area (Å²) < 4.78 is 21.4. The zero-order chi connectivity index (χ0) is 18.9.